The highest BCUT2D eigenvalue weighted by Gasteiger charge is 2.00. The first kappa shape index (κ1) is 17.8. The van der Waals surface area contributed by atoms with Gasteiger partial charge in [0.15, 0.2) is 0 Å². The molecule has 0 saturated carbocycles. The van der Waals surface area contributed by atoms with Crippen LogP contribution in [0.5, 0.6) is 0 Å². The Morgan fingerprint density at radius 1 is 0.952 bits per heavy atom. The summed E-state index contributed by atoms with van der Waals surface area (Å²) in [4.78, 5) is 11.8. The minimum Gasteiger partial charge on any atom is -0.397 e. The second-order valence-electron chi connectivity index (χ2n) is 6.13. The maximum Gasteiger partial charge on any atom is 0.250 e. The second kappa shape index (κ2) is 10.5. The first-order valence-corrected chi connectivity index (χ1v) is 8.61. The van der Waals surface area contributed by atoms with Gasteiger partial charge in [-0.05, 0) is 18.9 Å². The molecule has 2 N–H and O–H groups in total. The molecule has 3 heteroatoms. The molecule has 0 spiro atoms. The lowest BCUT2D eigenvalue weighted by atomic mass is 10.1. The van der Waals surface area contributed by atoms with Crippen LogP contribution in [0.2, 0.25) is 0 Å². The highest BCUT2D eigenvalue weighted by atomic mass is 16.1. The summed E-state index contributed by atoms with van der Waals surface area (Å²) in [6, 6.07) is 1.63. The molecule has 0 radical (unpaired) electrons. The Bertz CT molecular complexity index is 451. The Morgan fingerprint density at radius 3 is 2.05 bits per heavy atom. The molecule has 0 aromatic carbocycles. The maximum absolute atomic E-state index is 11.8. The number of unbranched alkanes of at least 4 members (excludes halogenated alkanes) is 9. The molecule has 21 heavy (non-hydrogen) atoms. The smallest absolute Gasteiger partial charge is 0.250 e. The van der Waals surface area contributed by atoms with Gasteiger partial charge in [0, 0.05) is 18.8 Å². The van der Waals surface area contributed by atoms with E-state index in [1.807, 2.05) is 6.92 Å². The van der Waals surface area contributed by atoms with Crippen LogP contribution >= 0.6 is 0 Å². The molecular weight excluding hydrogens is 260 g/mol. The van der Waals surface area contributed by atoms with Crippen molar-refractivity contribution < 1.29 is 0 Å². The molecule has 1 heterocycles. The number of hydrogen-bond acceptors (Lipinski definition) is 2. The van der Waals surface area contributed by atoms with E-state index < -0.39 is 0 Å². The molecular formula is C18H32N2O. The predicted molar refractivity (Wildman–Crippen MR) is 91.7 cm³/mol. The van der Waals surface area contributed by atoms with Gasteiger partial charge in [-0.1, -0.05) is 64.7 Å². The standard InChI is InChI=1S/C18H32N2O/c1-3-4-5-6-7-8-9-10-11-12-13-20-15-17(19)16(2)14-18(20)21/h14-15H,3-13,19H2,1-2H3. The molecule has 0 saturated heterocycles. The van der Waals surface area contributed by atoms with Crippen LogP contribution in [0.4, 0.5) is 5.69 Å². The fourth-order valence-corrected chi connectivity index (χ4v) is 2.63. The zero-order valence-corrected chi connectivity index (χ0v) is 13.9. The Balaban J connectivity index is 2.07. The van der Waals surface area contributed by atoms with Crippen LogP contribution in [0, 0.1) is 6.92 Å². The summed E-state index contributed by atoms with van der Waals surface area (Å²) < 4.78 is 1.74. The number of aromatic nitrogens is 1. The summed E-state index contributed by atoms with van der Waals surface area (Å²) in [5, 5.41) is 0. The van der Waals surface area contributed by atoms with Gasteiger partial charge in [0.25, 0.3) is 5.56 Å². The van der Waals surface area contributed by atoms with Gasteiger partial charge in [-0.2, -0.15) is 0 Å². The maximum atomic E-state index is 11.8. The van der Waals surface area contributed by atoms with E-state index in [1.54, 1.807) is 16.8 Å². The molecule has 0 fully saturated rings. The third kappa shape index (κ3) is 7.35. The molecule has 0 bridgehead atoms. The lowest BCUT2D eigenvalue weighted by Crippen LogP contribution is -2.20. The quantitative estimate of drug-likeness (QED) is 0.603. The number of nitrogens with zero attached hydrogens (tertiary/aromatic N) is 1. The first-order valence-electron chi connectivity index (χ1n) is 8.61. The van der Waals surface area contributed by atoms with Gasteiger partial charge in [-0.3, -0.25) is 4.79 Å². The van der Waals surface area contributed by atoms with Crippen molar-refractivity contribution in [1.29, 1.82) is 0 Å². The largest absolute Gasteiger partial charge is 0.397 e. The third-order valence-electron chi connectivity index (χ3n) is 4.13. The Morgan fingerprint density at radius 2 is 1.48 bits per heavy atom. The summed E-state index contributed by atoms with van der Waals surface area (Å²) in [5.41, 5.74) is 7.50. The van der Waals surface area contributed by atoms with E-state index in [1.165, 1.54) is 57.8 Å². The third-order valence-corrected chi connectivity index (χ3v) is 4.13. The normalized spacial score (nSPS) is 11.0. The van der Waals surface area contributed by atoms with Gasteiger partial charge >= 0.3 is 0 Å². The number of nitrogen functional groups attached to an aromatic ring is 1. The van der Waals surface area contributed by atoms with Crippen molar-refractivity contribution in [3.63, 3.8) is 0 Å². The number of nitrogens with two attached hydrogens (primary N) is 1. The molecule has 0 amide bonds. The van der Waals surface area contributed by atoms with E-state index in [-0.39, 0.29) is 5.56 Å². The van der Waals surface area contributed by atoms with Crippen molar-refractivity contribution in [2.75, 3.05) is 5.73 Å². The lowest BCUT2D eigenvalue weighted by Gasteiger charge is -2.08. The number of hydrogen-bond donors (Lipinski definition) is 1. The summed E-state index contributed by atoms with van der Waals surface area (Å²) in [5.74, 6) is 0. The minimum absolute atomic E-state index is 0.0672. The fourth-order valence-electron chi connectivity index (χ4n) is 2.63. The minimum atomic E-state index is 0.0672. The highest BCUT2D eigenvalue weighted by Crippen LogP contribution is 2.11. The van der Waals surface area contributed by atoms with Crippen molar-refractivity contribution in [1.82, 2.24) is 4.57 Å². The van der Waals surface area contributed by atoms with Crippen molar-refractivity contribution in [2.24, 2.45) is 0 Å². The average molecular weight is 292 g/mol. The Hall–Kier alpha value is -1.25. The molecule has 0 aliphatic carbocycles. The SMILES string of the molecule is CCCCCCCCCCCCn1cc(N)c(C)cc1=O. The van der Waals surface area contributed by atoms with Crippen LogP contribution in [0.25, 0.3) is 0 Å². The monoisotopic (exact) mass is 292 g/mol. The summed E-state index contributed by atoms with van der Waals surface area (Å²) in [6.45, 7) is 4.92. The van der Waals surface area contributed by atoms with E-state index in [2.05, 4.69) is 6.92 Å². The molecule has 1 aromatic rings. The molecule has 1 aromatic heterocycles. The Labute approximate surface area is 129 Å². The predicted octanol–water partition coefficient (Wildman–Crippen LogP) is 4.66. The van der Waals surface area contributed by atoms with E-state index in [0.717, 1.165) is 18.5 Å². The topological polar surface area (TPSA) is 48.0 Å². The lowest BCUT2D eigenvalue weighted by molar-refractivity contribution is 0.530. The fraction of sp³-hybridized carbons (Fsp3) is 0.722. The molecule has 3 nitrogen and oxygen atoms in total. The zero-order valence-electron chi connectivity index (χ0n) is 13.9. The van der Waals surface area contributed by atoms with Crippen molar-refractivity contribution >= 4 is 5.69 Å². The molecule has 0 atom stereocenters. The van der Waals surface area contributed by atoms with Crippen LogP contribution in [0.1, 0.15) is 76.7 Å². The van der Waals surface area contributed by atoms with E-state index in [0.29, 0.717) is 5.69 Å². The van der Waals surface area contributed by atoms with E-state index in [9.17, 15) is 4.79 Å². The highest BCUT2D eigenvalue weighted by molar-refractivity contribution is 5.42. The van der Waals surface area contributed by atoms with Crippen LogP contribution in [0.3, 0.4) is 0 Å². The molecule has 1 rings (SSSR count). The number of pyridine rings is 1. The first-order chi connectivity index (χ1) is 10.1. The number of aryl methyl sites for hydroxylation is 2. The summed E-state index contributed by atoms with van der Waals surface area (Å²) in [6.07, 6.45) is 14.9. The summed E-state index contributed by atoms with van der Waals surface area (Å²) >= 11 is 0. The van der Waals surface area contributed by atoms with Gasteiger partial charge in [-0.15, -0.1) is 0 Å². The van der Waals surface area contributed by atoms with Gasteiger partial charge < -0.3 is 10.3 Å². The second-order valence-corrected chi connectivity index (χ2v) is 6.13. The van der Waals surface area contributed by atoms with Crippen molar-refractivity contribution in [2.45, 2.75) is 84.6 Å². The molecule has 120 valence electrons. The van der Waals surface area contributed by atoms with Gasteiger partial charge in [0.1, 0.15) is 0 Å². The zero-order chi connectivity index (χ0) is 15.5. The van der Waals surface area contributed by atoms with Crippen molar-refractivity contribution in [3.8, 4) is 0 Å². The Kier molecular flexibility index (Phi) is 8.88. The van der Waals surface area contributed by atoms with Gasteiger partial charge in [0.05, 0.1) is 5.69 Å². The van der Waals surface area contributed by atoms with Gasteiger partial charge in [-0.25, -0.2) is 0 Å². The number of anilines is 1. The van der Waals surface area contributed by atoms with Crippen LogP contribution in [-0.4, -0.2) is 4.57 Å². The van der Waals surface area contributed by atoms with Gasteiger partial charge in [0.2, 0.25) is 0 Å². The van der Waals surface area contributed by atoms with Crippen LogP contribution in [-0.2, 0) is 6.54 Å². The molecule has 0 unspecified atom stereocenters. The molecule has 0 aliphatic rings. The van der Waals surface area contributed by atoms with Crippen molar-refractivity contribution in [3.05, 3.63) is 28.2 Å². The molecule has 0 aliphatic heterocycles. The average Bonchev–Trinajstić information content (AvgIpc) is 2.46. The summed E-state index contributed by atoms with van der Waals surface area (Å²) in [7, 11) is 0. The van der Waals surface area contributed by atoms with E-state index >= 15 is 0 Å². The van der Waals surface area contributed by atoms with Crippen LogP contribution < -0.4 is 11.3 Å². The van der Waals surface area contributed by atoms with E-state index in [4.69, 9.17) is 5.73 Å². The van der Waals surface area contributed by atoms with Crippen LogP contribution in [0.15, 0.2) is 17.1 Å². The number of rotatable bonds is 11.